The molecule has 3 aliphatic heterocycles. The molecule has 36 heavy (non-hydrogen) atoms. The molecule has 3 aromatic rings. The summed E-state index contributed by atoms with van der Waals surface area (Å²) >= 11 is 0. The molecule has 3 heterocycles. The number of hydrogen-bond donors (Lipinski definition) is 2. The van der Waals surface area contributed by atoms with Gasteiger partial charge in [-0.2, -0.15) is 0 Å². The molecule has 186 valence electrons. The van der Waals surface area contributed by atoms with E-state index in [0.717, 1.165) is 47.8 Å². The number of amides is 1. The molecule has 3 aromatic carbocycles. The van der Waals surface area contributed by atoms with E-state index < -0.39 is 0 Å². The smallest absolute Gasteiger partial charge is 0.253 e. The van der Waals surface area contributed by atoms with E-state index in [-0.39, 0.29) is 31.4 Å². The van der Waals surface area contributed by atoms with Gasteiger partial charge in [0.15, 0.2) is 11.5 Å². The maximum Gasteiger partial charge on any atom is 0.253 e. The quantitative estimate of drug-likeness (QED) is 0.566. The largest absolute Gasteiger partial charge is 0.454 e. The van der Waals surface area contributed by atoms with Crippen LogP contribution in [0.1, 0.15) is 33.9 Å². The molecule has 1 fully saturated rings. The number of nitrogens with zero attached hydrogens (tertiary/aromatic N) is 2. The van der Waals surface area contributed by atoms with Crippen LogP contribution in [-0.2, 0) is 6.54 Å². The number of aliphatic hydroxyl groups excluding tert-OH is 1. The fourth-order valence-corrected chi connectivity index (χ4v) is 5.85. The van der Waals surface area contributed by atoms with Gasteiger partial charge in [0, 0.05) is 43.9 Å². The van der Waals surface area contributed by atoms with E-state index in [1.54, 1.807) is 19.0 Å². The molecule has 0 aromatic heterocycles. The Morgan fingerprint density at radius 3 is 2.58 bits per heavy atom. The van der Waals surface area contributed by atoms with Crippen molar-refractivity contribution in [2.24, 2.45) is 5.92 Å². The Morgan fingerprint density at radius 1 is 1.03 bits per heavy atom. The van der Waals surface area contributed by atoms with Crippen molar-refractivity contribution in [2.45, 2.75) is 25.0 Å². The standard InChI is InChI=1S/C29H31N3O4/c1-31(2)29(34)20-6-4-19(5-7-20)21-8-9-24-23(14-21)28-22(25(16-33)30-24)11-12-32(28)15-18-3-10-26-27(13-18)36-17-35-26/h3-10,13-14,22,25,28,30,33H,11-12,15-17H2,1-2H3/t22-,25+,28-/m0/s1. The van der Waals surface area contributed by atoms with Crippen LogP contribution in [0.25, 0.3) is 11.1 Å². The minimum Gasteiger partial charge on any atom is -0.454 e. The average molecular weight is 486 g/mol. The van der Waals surface area contributed by atoms with E-state index in [0.29, 0.717) is 11.5 Å². The highest BCUT2D eigenvalue weighted by atomic mass is 16.7. The normalized spacial score (nSPS) is 22.0. The molecule has 0 radical (unpaired) electrons. The number of ether oxygens (including phenoxy) is 2. The number of nitrogens with one attached hydrogen (secondary N) is 1. The first-order valence-corrected chi connectivity index (χ1v) is 12.5. The molecule has 6 rings (SSSR count). The number of likely N-dealkylation sites (tertiary alicyclic amines) is 1. The van der Waals surface area contributed by atoms with Crippen LogP contribution >= 0.6 is 0 Å². The molecule has 0 bridgehead atoms. The zero-order valence-electron chi connectivity index (χ0n) is 20.6. The first kappa shape index (κ1) is 22.9. The van der Waals surface area contributed by atoms with Crippen LogP contribution in [0.4, 0.5) is 5.69 Å². The van der Waals surface area contributed by atoms with E-state index in [2.05, 4.69) is 40.5 Å². The van der Waals surface area contributed by atoms with Crippen molar-refractivity contribution in [2.75, 3.05) is 39.4 Å². The van der Waals surface area contributed by atoms with Crippen LogP contribution < -0.4 is 14.8 Å². The molecule has 3 aliphatic rings. The molecule has 7 nitrogen and oxygen atoms in total. The van der Waals surface area contributed by atoms with Gasteiger partial charge in [-0.15, -0.1) is 0 Å². The SMILES string of the molecule is CN(C)C(=O)c1ccc(-c2ccc3c(c2)[C@@H]2[C@@H](CCN2Cc2ccc4c(c2)OCO4)[C@@H](CO)N3)cc1. The van der Waals surface area contributed by atoms with Crippen LogP contribution in [0.3, 0.4) is 0 Å². The molecule has 3 atom stereocenters. The van der Waals surface area contributed by atoms with Crippen molar-refractivity contribution < 1.29 is 19.4 Å². The predicted molar refractivity (Wildman–Crippen MR) is 138 cm³/mol. The predicted octanol–water partition coefficient (Wildman–Crippen LogP) is 4.13. The summed E-state index contributed by atoms with van der Waals surface area (Å²) in [7, 11) is 3.53. The van der Waals surface area contributed by atoms with Gasteiger partial charge in [0.25, 0.3) is 5.91 Å². The van der Waals surface area contributed by atoms with Crippen LogP contribution in [0.2, 0.25) is 0 Å². The second-order valence-corrected chi connectivity index (χ2v) is 10.1. The number of fused-ring (bicyclic) bond motifs is 4. The molecule has 0 saturated carbocycles. The van der Waals surface area contributed by atoms with Crippen molar-refractivity contribution in [1.29, 1.82) is 0 Å². The third kappa shape index (κ3) is 3.98. The van der Waals surface area contributed by atoms with Crippen molar-refractivity contribution in [3.8, 4) is 22.6 Å². The second-order valence-electron chi connectivity index (χ2n) is 10.1. The lowest BCUT2D eigenvalue weighted by Gasteiger charge is -2.39. The first-order chi connectivity index (χ1) is 17.5. The molecule has 7 heteroatoms. The Bertz CT molecular complexity index is 1290. The Labute approximate surface area is 211 Å². The highest BCUT2D eigenvalue weighted by Crippen LogP contribution is 2.48. The maximum atomic E-state index is 12.3. The molecule has 1 saturated heterocycles. The fraction of sp³-hybridized carbons (Fsp3) is 0.345. The molecule has 0 aliphatic carbocycles. The van der Waals surface area contributed by atoms with E-state index in [4.69, 9.17) is 9.47 Å². The van der Waals surface area contributed by atoms with Gasteiger partial charge in [-0.1, -0.05) is 24.3 Å². The zero-order valence-corrected chi connectivity index (χ0v) is 20.6. The first-order valence-electron chi connectivity index (χ1n) is 12.5. The van der Waals surface area contributed by atoms with Gasteiger partial charge in [0.05, 0.1) is 12.6 Å². The Kier molecular flexibility index (Phi) is 5.82. The molecular formula is C29H31N3O4. The topological polar surface area (TPSA) is 74.3 Å². The van der Waals surface area contributed by atoms with Gasteiger partial charge >= 0.3 is 0 Å². The van der Waals surface area contributed by atoms with Crippen molar-refractivity contribution in [3.63, 3.8) is 0 Å². The lowest BCUT2D eigenvalue weighted by atomic mass is 9.82. The monoisotopic (exact) mass is 485 g/mol. The summed E-state index contributed by atoms with van der Waals surface area (Å²) in [6.07, 6.45) is 1.03. The van der Waals surface area contributed by atoms with Crippen LogP contribution in [0, 0.1) is 5.92 Å². The molecule has 0 spiro atoms. The van der Waals surface area contributed by atoms with E-state index in [9.17, 15) is 9.90 Å². The molecule has 1 amide bonds. The van der Waals surface area contributed by atoms with Gasteiger partial charge < -0.3 is 24.8 Å². The summed E-state index contributed by atoms with van der Waals surface area (Å²) < 4.78 is 11.1. The van der Waals surface area contributed by atoms with Crippen molar-refractivity contribution in [3.05, 3.63) is 77.4 Å². The Hall–Kier alpha value is -3.55. The third-order valence-corrected chi connectivity index (χ3v) is 7.67. The summed E-state index contributed by atoms with van der Waals surface area (Å²) in [5.74, 6) is 1.93. The summed E-state index contributed by atoms with van der Waals surface area (Å²) in [4.78, 5) is 16.4. The van der Waals surface area contributed by atoms with Crippen LogP contribution in [0.15, 0.2) is 60.7 Å². The number of carbonyl (C=O) groups is 1. The lowest BCUT2D eigenvalue weighted by molar-refractivity contribution is 0.0827. The van der Waals surface area contributed by atoms with E-state index in [1.165, 1.54) is 11.1 Å². The second kappa shape index (κ2) is 9.15. The number of aliphatic hydroxyl groups is 1. The minimum absolute atomic E-state index is 0.000747. The van der Waals surface area contributed by atoms with Gasteiger partial charge in [0.2, 0.25) is 6.79 Å². The van der Waals surface area contributed by atoms with Gasteiger partial charge in [-0.3, -0.25) is 9.69 Å². The van der Waals surface area contributed by atoms with Gasteiger partial charge in [0.1, 0.15) is 0 Å². The lowest BCUT2D eigenvalue weighted by Crippen LogP contribution is -2.41. The van der Waals surface area contributed by atoms with Gasteiger partial charge in [-0.05, 0) is 71.6 Å². The third-order valence-electron chi connectivity index (χ3n) is 7.67. The molecule has 2 N–H and O–H groups in total. The van der Waals surface area contributed by atoms with E-state index >= 15 is 0 Å². The number of carbonyl (C=O) groups excluding carboxylic acids is 1. The zero-order chi connectivity index (χ0) is 24.8. The highest BCUT2D eigenvalue weighted by molar-refractivity contribution is 5.94. The van der Waals surface area contributed by atoms with Gasteiger partial charge in [-0.25, -0.2) is 0 Å². The number of hydrogen-bond acceptors (Lipinski definition) is 6. The van der Waals surface area contributed by atoms with Crippen molar-refractivity contribution in [1.82, 2.24) is 9.80 Å². The van der Waals surface area contributed by atoms with Crippen LogP contribution in [0.5, 0.6) is 11.5 Å². The molecular weight excluding hydrogens is 454 g/mol. The summed E-state index contributed by atoms with van der Waals surface area (Å²) in [6, 6.07) is 20.7. The summed E-state index contributed by atoms with van der Waals surface area (Å²) in [6.45, 7) is 2.16. The summed E-state index contributed by atoms with van der Waals surface area (Å²) in [5.41, 5.74) is 6.41. The maximum absolute atomic E-state index is 12.3. The highest BCUT2D eigenvalue weighted by Gasteiger charge is 2.43. The average Bonchev–Trinajstić information content (AvgIpc) is 3.55. The fourth-order valence-electron chi connectivity index (χ4n) is 5.85. The number of benzene rings is 3. The Morgan fingerprint density at radius 2 is 1.81 bits per heavy atom. The molecule has 0 unspecified atom stereocenters. The van der Waals surface area contributed by atoms with Crippen LogP contribution in [-0.4, -0.2) is 60.9 Å². The minimum atomic E-state index is -0.000747. The summed E-state index contributed by atoms with van der Waals surface area (Å²) in [5, 5.41) is 13.7. The van der Waals surface area contributed by atoms with E-state index in [1.807, 2.05) is 30.3 Å². The van der Waals surface area contributed by atoms with Crippen molar-refractivity contribution >= 4 is 11.6 Å². The number of anilines is 1. The Balaban J connectivity index is 1.32. The number of rotatable bonds is 5.